The lowest BCUT2D eigenvalue weighted by Crippen LogP contribution is -2.18. The number of nitrogens with one attached hydrogen (secondary N) is 2. The van der Waals surface area contributed by atoms with Gasteiger partial charge in [0.25, 0.3) is 0 Å². The Bertz CT molecular complexity index is 1050. The van der Waals surface area contributed by atoms with Crippen LogP contribution in [-0.4, -0.2) is 50.3 Å². The van der Waals surface area contributed by atoms with Crippen LogP contribution in [-0.2, 0) is 4.79 Å². The first-order chi connectivity index (χ1) is 14.0. The lowest BCUT2D eigenvalue weighted by molar-refractivity contribution is -0.118. The zero-order valence-corrected chi connectivity index (χ0v) is 16.8. The Balaban J connectivity index is 2.22. The first-order valence-corrected chi connectivity index (χ1v) is 8.69. The smallest absolute Gasteiger partial charge is 0.236 e. The third-order valence-electron chi connectivity index (χ3n) is 4.26. The van der Waals surface area contributed by atoms with Gasteiger partial charge in [-0.15, -0.1) is 0 Å². The molecule has 1 aromatic heterocycles. The molecular weight excluding hydrogens is 376 g/mol. The Kier molecular flexibility index (Phi) is 5.87. The highest BCUT2D eigenvalue weighted by Crippen LogP contribution is 2.39. The number of fused-ring (bicyclic) bond motifs is 1. The molecule has 0 fully saturated rings. The molecule has 3 rings (SSSR count). The molecule has 0 aliphatic heterocycles. The van der Waals surface area contributed by atoms with Crippen molar-refractivity contribution in [3.63, 3.8) is 0 Å². The fraction of sp³-hybridized carbons (Fsp3) is 0.250. The second-order valence-electron chi connectivity index (χ2n) is 6.03. The van der Waals surface area contributed by atoms with Gasteiger partial charge in [-0.2, -0.15) is 10.2 Å². The molecule has 1 heterocycles. The predicted molar refractivity (Wildman–Crippen MR) is 108 cm³/mol. The van der Waals surface area contributed by atoms with Crippen LogP contribution in [0.15, 0.2) is 35.4 Å². The number of aromatic amines is 1. The highest BCUT2D eigenvalue weighted by atomic mass is 16.5. The standard InChI is InChI=1S/C20H22N4O5/c1-11(25)21-23-18(12-8-16(27-3)20(29-5)17(9-12)28-4)19-14-7-6-13(26-2)10-15(14)22-24-19/h6-10H,1-5H3,(H,21,25)(H,22,24)/b23-18+. The average Bonchev–Trinajstić information content (AvgIpc) is 3.15. The van der Waals surface area contributed by atoms with Gasteiger partial charge in [-0.25, -0.2) is 5.43 Å². The SMILES string of the molecule is COc1ccc2c(/C(=N/NC(C)=O)c3cc(OC)c(OC)c(OC)c3)n[nH]c2c1. The molecule has 0 spiro atoms. The Morgan fingerprint density at radius 3 is 2.24 bits per heavy atom. The van der Waals surface area contributed by atoms with Gasteiger partial charge in [0.1, 0.15) is 17.2 Å². The molecule has 2 N–H and O–H groups in total. The van der Waals surface area contributed by atoms with E-state index in [1.54, 1.807) is 19.2 Å². The van der Waals surface area contributed by atoms with E-state index in [0.717, 1.165) is 10.9 Å². The molecule has 0 bridgehead atoms. The van der Waals surface area contributed by atoms with Crippen LogP contribution in [0.3, 0.4) is 0 Å². The van der Waals surface area contributed by atoms with E-state index >= 15 is 0 Å². The normalized spacial score (nSPS) is 11.3. The summed E-state index contributed by atoms with van der Waals surface area (Å²) in [5, 5.41) is 12.5. The number of hydrazone groups is 1. The number of aromatic nitrogens is 2. The van der Waals surface area contributed by atoms with Crippen molar-refractivity contribution in [2.24, 2.45) is 5.10 Å². The molecule has 0 aliphatic rings. The molecule has 0 saturated heterocycles. The van der Waals surface area contributed by atoms with E-state index in [1.807, 2.05) is 18.2 Å². The van der Waals surface area contributed by atoms with Gasteiger partial charge in [-0.1, -0.05) is 0 Å². The van der Waals surface area contributed by atoms with E-state index in [9.17, 15) is 4.79 Å². The summed E-state index contributed by atoms with van der Waals surface area (Å²) in [6.45, 7) is 1.38. The number of nitrogens with zero attached hydrogens (tertiary/aromatic N) is 2. The Morgan fingerprint density at radius 2 is 1.69 bits per heavy atom. The number of amides is 1. The maximum Gasteiger partial charge on any atom is 0.236 e. The van der Waals surface area contributed by atoms with Gasteiger partial charge in [0.2, 0.25) is 11.7 Å². The van der Waals surface area contributed by atoms with Crippen LogP contribution >= 0.6 is 0 Å². The summed E-state index contributed by atoms with van der Waals surface area (Å²) in [5.74, 6) is 1.75. The van der Waals surface area contributed by atoms with E-state index in [1.165, 1.54) is 28.3 Å². The van der Waals surface area contributed by atoms with Gasteiger partial charge >= 0.3 is 0 Å². The minimum absolute atomic E-state index is 0.309. The van der Waals surface area contributed by atoms with Gasteiger partial charge in [0, 0.05) is 23.9 Å². The number of methoxy groups -OCH3 is 4. The minimum atomic E-state index is -0.309. The third kappa shape index (κ3) is 3.93. The second-order valence-corrected chi connectivity index (χ2v) is 6.03. The number of H-pyrrole nitrogens is 1. The first-order valence-electron chi connectivity index (χ1n) is 8.69. The third-order valence-corrected chi connectivity index (χ3v) is 4.26. The van der Waals surface area contributed by atoms with Crippen LogP contribution in [0.25, 0.3) is 10.9 Å². The van der Waals surface area contributed by atoms with E-state index in [2.05, 4.69) is 20.7 Å². The molecule has 2 aromatic carbocycles. The summed E-state index contributed by atoms with van der Waals surface area (Å²) in [7, 11) is 6.18. The molecule has 0 atom stereocenters. The number of carbonyl (C=O) groups is 1. The number of carbonyl (C=O) groups excluding carboxylic acids is 1. The Hall–Kier alpha value is -3.75. The summed E-state index contributed by atoms with van der Waals surface area (Å²) in [5.41, 5.74) is 4.84. The quantitative estimate of drug-likeness (QED) is 0.468. The van der Waals surface area contributed by atoms with Crippen molar-refractivity contribution in [1.82, 2.24) is 15.6 Å². The highest BCUT2D eigenvalue weighted by Gasteiger charge is 2.21. The molecule has 9 nitrogen and oxygen atoms in total. The molecule has 9 heteroatoms. The summed E-state index contributed by atoms with van der Waals surface area (Å²) < 4.78 is 21.5. The van der Waals surface area contributed by atoms with Crippen molar-refractivity contribution in [2.45, 2.75) is 6.92 Å². The maximum atomic E-state index is 11.5. The molecule has 0 radical (unpaired) electrons. The van der Waals surface area contributed by atoms with Crippen molar-refractivity contribution in [3.05, 3.63) is 41.6 Å². The zero-order chi connectivity index (χ0) is 21.0. The van der Waals surface area contributed by atoms with E-state index < -0.39 is 0 Å². The van der Waals surface area contributed by atoms with Gasteiger partial charge < -0.3 is 18.9 Å². The average molecular weight is 398 g/mol. The molecular formula is C20H22N4O5. The van der Waals surface area contributed by atoms with E-state index in [0.29, 0.717) is 40.0 Å². The molecule has 0 unspecified atom stereocenters. The van der Waals surface area contributed by atoms with Crippen molar-refractivity contribution in [2.75, 3.05) is 28.4 Å². The van der Waals surface area contributed by atoms with Crippen molar-refractivity contribution >= 4 is 22.5 Å². The van der Waals surface area contributed by atoms with Crippen LogP contribution in [0.5, 0.6) is 23.0 Å². The van der Waals surface area contributed by atoms with Crippen LogP contribution < -0.4 is 24.4 Å². The maximum absolute atomic E-state index is 11.5. The van der Waals surface area contributed by atoms with Crippen molar-refractivity contribution < 1.29 is 23.7 Å². The van der Waals surface area contributed by atoms with Gasteiger partial charge in [-0.3, -0.25) is 9.89 Å². The summed E-state index contributed by atoms with van der Waals surface area (Å²) >= 11 is 0. The molecule has 29 heavy (non-hydrogen) atoms. The lowest BCUT2D eigenvalue weighted by Gasteiger charge is -2.14. The minimum Gasteiger partial charge on any atom is -0.497 e. The topological polar surface area (TPSA) is 107 Å². The molecule has 0 aliphatic carbocycles. The molecule has 1 amide bonds. The van der Waals surface area contributed by atoms with Crippen LogP contribution in [0.1, 0.15) is 18.2 Å². The summed E-state index contributed by atoms with van der Waals surface area (Å²) in [6.07, 6.45) is 0. The Morgan fingerprint density at radius 1 is 1.00 bits per heavy atom. The number of hydrogen-bond acceptors (Lipinski definition) is 7. The number of ether oxygens (including phenoxy) is 4. The predicted octanol–water partition coefficient (Wildman–Crippen LogP) is 2.49. The van der Waals surface area contributed by atoms with Crippen molar-refractivity contribution in [1.29, 1.82) is 0 Å². The van der Waals surface area contributed by atoms with Crippen LogP contribution in [0.4, 0.5) is 0 Å². The molecule has 3 aromatic rings. The lowest BCUT2D eigenvalue weighted by atomic mass is 10.0. The van der Waals surface area contributed by atoms with E-state index in [-0.39, 0.29) is 5.91 Å². The highest BCUT2D eigenvalue weighted by molar-refractivity contribution is 6.18. The van der Waals surface area contributed by atoms with Gasteiger partial charge in [0.05, 0.1) is 34.0 Å². The van der Waals surface area contributed by atoms with E-state index in [4.69, 9.17) is 18.9 Å². The zero-order valence-electron chi connectivity index (χ0n) is 16.8. The number of hydrogen-bond donors (Lipinski definition) is 2. The molecule has 0 saturated carbocycles. The largest absolute Gasteiger partial charge is 0.497 e. The molecule has 152 valence electrons. The number of rotatable bonds is 7. The second kappa shape index (κ2) is 8.51. The summed E-state index contributed by atoms with van der Waals surface area (Å²) in [4.78, 5) is 11.5. The van der Waals surface area contributed by atoms with Crippen LogP contribution in [0.2, 0.25) is 0 Å². The van der Waals surface area contributed by atoms with Gasteiger partial charge in [-0.05, 0) is 24.3 Å². The fourth-order valence-corrected chi connectivity index (χ4v) is 2.91. The van der Waals surface area contributed by atoms with Crippen LogP contribution in [0, 0.1) is 0 Å². The van der Waals surface area contributed by atoms with Gasteiger partial charge in [0.15, 0.2) is 11.5 Å². The Labute approximate surface area is 167 Å². The fourth-order valence-electron chi connectivity index (χ4n) is 2.91. The monoisotopic (exact) mass is 398 g/mol. The van der Waals surface area contributed by atoms with Crippen molar-refractivity contribution in [3.8, 4) is 23.0 Å². The first kappa shape index (κ1) is 20.0. The number of benzene rings is 2. The summed E-state index contributed by atoms with van der Waals surface area (Å²) in [6, 6.07) is 9.01.